The molecule has 18 heavy (non-hydrogen) atoms. The van der Waals surface area contributed by atoms with Gasteiger partial charge < -0.3 is 10.2 Å². The van der Waals surface area contributed by atoms with Gasteiger partial charge in [-0.2, -0.15) is 5.26 Å². The van der Waals surface area contributed by atoms with E-state index in [2.05, 4.69) is 11.4 Å². The number of nitrogens with one attached hydrogen (secondary N) is 1. The molecule has 0 aromatic carbocycles. The van der Waals surface area contributed by atoms with E-state index in [0.29, 0.717) is 19.6 Å². The Kier molecular flexibility index (Phi) is 3.81. The van der Waals surface area contributed by atoms with Gasteiger partial charge in [0.25, 0.3) is 0 Å². The third kappa shape index (κ3) is 2.78. The van der Waals surface area contributed by atoms with Crippen molar-refractivity contribution in [2.24, 2.45) is 5.92 Å². The molecule has 0 bridgehead atoms. The number of carbonyl (C=O) groups excluding carboxylic acids is 1. The standard InChI is InChI=1S/C12H17F2N3O/c13-12(14)3-1-9(2-4-12)11(18)17-6-5-16-8-10(17)7-15/h9-10,16H,1-6,8H2. The molecule has 100 valence electrons. The lowest BCUT2D eigenvalue weighted by Gasteiger charge is -2.36. The molecule has 1 saturated heterocycles. The number of amides is 1. The van der Waals surface area contributed by atoms with Crippen LogP contribution in [-0.2, 0) is 4.79 Å². The fourth-order valence-corrected chi connectivity index (χ4v) is 2.61. The lowest BCUT2D eigenvalue weighted by atomic mass is 9.85. The van der Waals surface area contributed by atoms with Gasteiger partial charge in [0, 0.05) is 38.4 Å². The van der Waals surface area contributed by atoms with Crippen molar-refractivity contribution in [2.75, 3.05) is 19.6 Å². The number of carbonyl (C=O) groups is 1. The van der Waals surface area contributed by atoms with Crippen molar-refractivity contribution in [3.05, 3.63) is 0 Å². The van der Waals surface area contributed by atoms with Crippen LogP contribution in [0.2, 0.25) is 0 Å². The van der Waals surface area contributed by atoms with Crippen LogP contribution in [0.5, 0.6) is 0 Å². The Morgan fingerprint density at radius 3 is 2.67 bits per heavy atom. The van der Waals surface area contributed by atoms with Gasteiger partial charge in [0.1, 0.15) is 6.04 Å². The average molecular weight is 257 g/mol. The van der Waals surface area contributed by atoms with Crippen LogP contribution in [-0.4, -0.2) is 42.4 Å². The zero-order valence-electron chi connectivity index (χ0n) is 10.2. The summed E-state index contributed by atoms with van der Waals surface area (Å²) in [5, 5.41) is 12.0. The van der Waals surface area contributed by atoms with Crippen LogP contribution in [0, 0.1) is 17.2 Å². The highest BCUT2D eigenvalue weighted by atomic mass is 19.3. The maximum absolute atomic E-state index is 13.0. The molecule has 1 unspecified atom stereocenters. The topological polar surface area (TPSA) is 56.1 Å². The van der Waals surface area contributed by atoms with Crippen LogP contribution in [0.3, 0.4) is 0 Å². The zero-order valence-corrected chi connectivity index (χ0v) is 10.2. The lowest BCUT2D eigenvalue weighted by Crippen LogP contribution is -2.55. The molecule has 1 N–H and O–H groups in total. The van der Waals surface area contributed by atoms with Crippen LogP contribution in [0.1, 0.15) is 25.7 Å². The fourth-order valence-electron chi connectivity index (χ4n) is 2.61. The fraction of sp³-hybridized carbons (Fsp3) is 0.833. The SMILES string of the molecule is N#CC1CNCCN1C(=O)C1CCC(F)(F)CC1. The van der Waals surface area contributed by atoms with Gasteiger partial charge in [-0.25, -0.2) is 8.78 Å². The van der Waals surface area contributed by atoms with Crippen LogP contribution < -0.4 is 5.32 Å². The van der Waals surface area contributed by atoms with E-state index in [0.717, 1.165) is 0 Å². The van der Waals surface area contributed by atoms with Gasteiger partial charge in [0.05, 0.1) is 6.07 Å². The molecular weight excluding hydrogens is 240 g/mol. The molecule has 0 aromatic rings. The summed E-state index contributed by atoms with van der Waals surface area (Å²) in [6.45, 7) is 1.61. The van der Waals surface area contributed by atoms with Crippen molar-refractivity contribution in [3.8, 4) is 6.07 Å². The van der Waals surface area contributed by atoms with Crippen LogP contribution in [0.4, 0.5) is 8.78 Å². The molecular formula is C12H17F2N3O. The number of nitriles is 1. The van der Waals surface area contributed by atoms with E-state index in [-0.39, 0.29) is 37.5 Å². The van der Waals surface area contributed by atoms with E-state index in [4.69, 9.17) is 5.26 Å². The normalized spacial score (nSPS) is 28.7. The van der Waals surface area contributed by atoms with Gasteiger partial charge in [0.2, 0.25) is 11.8 Å². The minimum absolute atomic E-state index is 0.126. The van der Waals surface area contributed by atoms with E-state index in [1.807, 2.05) is 0 Å². The Morgan fingerprint density at radius 1 is 1.39 bits per heavy atom. The van der Waals surface area contributed by atoms with Crippen molar-refractivity contribution in [1.82, 2.24) is 10.2 Å². The first kappa shape index (κ1) is 13.2. The Labute approximate surface area is 105 Å². The zero-order chi connectivity index (χ0) is 13.2. The van der Waals surface area contributed by atoms with Crippen molar-refractivity contribution in [1.29, 1.82) is 5.26 Å². The summed E-state index contributed by atoms with van der Waals surface area (Å²) < 4.78 is 26.1. The largest absolute Gasteiger partial charge is 0.324 e. The maximum Gasteiger partial charge on any atom is 0.248 e. The molecule has 2 rings (SSSR count). The van der Waals surface area contributed by atoms with Gasteiger partial charge in [-0.3, -0.25) is 4.79 Å². The van der Waals surface area contributed by atoms with Crippen molar-refractivity contribution < 1.29 is 13.6 Å². The van der Waals surface area contributed by atoms with Gasteiger partial charge in [-0.1, -0.05) is 0 Å². The summed E-state index contributed by atoms with van der Waals surface area (Å²) in [5.74, 6) is -3.08. The summed E-state index contributed by atoms with van der Waals surface area (Å²) in [4.78, 5) is 13.8. The average Bonchev–Trinajstić information content (AvgIpc) is 2.38. The van der Waals surface area contributed by atoms with Crippen molar-refractivity contribution in [2.45, 2.75) is 37.6 Å². The molecule has 0 spiro atoms. The Bertz CT molecular complexity index is 357. The molecule has 2 aliphatic rings. The Balaban J connectivity index is 1.97. The minimum Gasteiger partial charge on any atom is -0.324 e. The summed E-state index contributed by atoms with van der Waals surface area (Å²) in [6.07, 6.45) is 0.0290. The molecule has 1 heterocycles. The molecule has 2 fully saturated rings. The third-order valence-corrected chi connectivity index (χ3v) is 3.74. The smallest absolute Gasteiger partial charge is 0.248 e. The highest BCUT2D eigenvalue weighted by Gasteiger charge is 2.40. The van der Waals surface area contributed by atoms with Crippen LogP contribution in [0.25, 0.3) is 0 Å². The summed E-state index contributed by atoms with van der Waals surface area (Å²) >= 11 is 0. The number of piperazine rings is 1. The number of rotatable bonds is 1. The monoisotopic (exact) mass is 257 g/mol. The second-order valence-electron chi connectivity index (χ2n) is 5.01. The van der Waals surface area contributed by atoms with Gasteiger partial charge in [-0.15, -0.1) is 0 Å². The van der Waals surface area contributed by atoms with E-state index >= 15 is 0 Å². The number of hydrogen-bond acceptors (Lipinski definition) is 3. The lowest BCUT2D eigenvalue weighted by molar-refractivity contribution is -0.141. The number of nitrogens with zero attached hydrogens (tertiary/aromatic N) is 2. The van der Waals surface area contributed by atoms with E-state index < -0.39 is 12.0 Å². The van der Waals surface area contributed by atoms with E-state index in [1.54, 1.807) is 4.90 Å². The summed E-state index contributed by atoms with van der Waals surface area (Å²) in [5.41, 5.74) is 0. The number of hydrogen-bond donors (Lipinski definition) is 1. The van der Waals surface area contributed by atoms with Gasteiger partial charge in [-0.05, 0) is 12.8 Å². The number of alkyl halides is 2. The molecule has 1 atom stereocenters. The second-order valence-corrected chi connectivity index (χ2v) is 5.01. The van der Waals surface area contributed by atoms with Crippen molar-refractivity contribution in [3.63, 3.8) is 0 Å². The maximum atomic E-state index is 13.0. The molecule has 0 radical (unpaired) electrons. The molecule has 1 aliphatic heterocycles. The quantitative estimate of drug-likeness (QED) is 0.766. The molecule has 1 aliphatic carbocycles. The first-order chi connectivity index (χ1) is 8.53. The van der Waals surface area contributed by atoms with Gasteiger partial charge in [0.15, 0.2) is 0 Å². The number of halogens is 2. The van der Waals surface area contributed by atoms with Crippen LogP contribution in [0.15, 0.2) is 0 Å². The second kappa shape index (κ2) is 5.19. The first-order valence-electron chi connectivity index (χ1n) is 6.32. The highest BCUT2D eigenvalue weighted by molar-refractivity contribution is 5.79. The molecule has 6 heteroatoms. The van der Waals surface area contributed by atoms with Crippen molar-refractivity contribution >= 4 is 5.91 Å². The molecule has 1 saturated carbocycles. The highest BCUT2D eigenvalue weighted by Crippen LogP contribution is 2.37. The Hall–Kier alpha value is -1.22. The van der Waals surface area contributed by atoms with E-state index in [9.17, 15) is 13.6 Å². The molecule has 0 aromatic heterocycles. The van der Waals surface area contributed by atoms with Crippen LogP contribution >= 0.6 is 0 Å². The first-order valence-corrected chi connectivity index (χ1v) is 6.32. The third-order valence-electron chi connectivity index (χ3n) is 3.74. The predicted molar refractivity (Wildman–Crippen MR) is 60.9 cm³/mol. The summed E-state index contributed by atoms with van der Waals surface area (Å²) in [7, 11) is 0. The minimum atomic E-state index is -2.62. The van der Waals surface area contributed by atoms with Gasteiger partial charge >= 0.3 is 0 Å². The van der Waals surface area contributed by atoms with E-state index in [1.165, 1.54) is 0 Å². The Morgan fingerprint density at radius 2 is 2.06 bits per heavy atom. The molecule has 1 amide bonds. The summed E-state index contributed by atoms with van der Waals surface area (Å²) in [6, 6.07) is 1.62. The predicted octanol–water partition coefficient (Wildman–Crippen LogP) is 1.14. The molecule has 4 nitrogen and oxygen atoms in total.